The standard InChI is InChI=1S/C35H44F17NO5Si/c1-20(2)59(21(3)4,58-17-16-57-25-13-11-24(12-14-25)27(55)23(6)10-8-7-9-22(5)19-26(54)53-56)18-15-28(36,37)29(38,39)30(40,41)31(42,43)32(44,45)33(46,47)34(48,49)35(50,51)52/h7,9,11-14,19-21,23,27,55-56H,8,10,15-18H2,1-6H3,(H,53,54)/b9-7+,22-19+/t23-,27+/m0/s1. The quantitative estimate of drug-likeness (QED) is 0.0194. The third-order valence-corrected chi connectivity index (χ3v) is 15.4. The molecule has 59 heavy (non-hydrogen) atoms. The van der Waals surface area contributed by atoms with Crippen LogP contribution in [0, 0.1) is 5.92 Å². The van der Waals surface area contributed by atoms with E-state index in [1.54, 1.807) is 26.0 Å². The lowest BCUT2D eigenvalue weighted by Crippen LogP contribution is -2.74. The molecule has 0 bridgehead atoms. The van der Waals surface area contributed by atoms with E-state index >= 15 is 0 Å². The number of carbonyl (C=O) groups excluding carboxylic acids is 1. The molecule has 0 radical (unpaired) electrons. The molecule has 3 N–H and O–H groups in total. The maximum absolute atomic E-state index is 14.9. The molecule has 0 aliphatic rings. The first-order chi connectivity index (χ1) is 26.5. The number of hydrogen-bond donors (Lipinski definition) is 3. The van der Waals surface area contributed by atoms with Gasteiger partial charge in [0.1, 0.15) is 12.4 Å². The SMILES string of the molecule is CC(/C=C/CC[C@H](C)[C@@H](O)c1ccc(OCCO[Si](CCC(F)(F)C(F)(F)C(F)(F)C(F)(F)C(F)(F)C(F)(F)C(F)(F)C(F)(F)F)(C(C)C)C(C)C)cc1)=C\C(=O)NO. The average molecular weight is 910 g/mol. The Morgan fingerprint density at radius 3 is 1.63 bits per heavy atom. The molecule has 0 aromatic heterocycles. The molecule has 6 nitrogen and oxygen atoms in total. The predicted molar refractivity (Wildman–Crippen MR) is 180 cm³/mol. The molecular weight excluding hydrogens is 865 g/mol. The van der Waals surface area contributed by atoms with Gasteiger partial charge in [-0.1, -0.05) is 58.9 Å². The van der Waals surface area contributed by atoms with Crippen molar-refractivity contribution in [2.45, 2.75) is 132 Å². The second-order valence-corrected chi connectivity index (χ2v) is 19.5. The second-order valence-electron chi connectivity index (χ2n) is 14.4. The molecule has 1 rings (SSSR count). The van der Waals surface area contributed by atoms with Gasteiger partial charge >= 0.3 is 47.6 Å². The van der Waals surface area contributed by atoms with Crippen molar-refractivity contribution in [2.24, 2.45) is 5.92 Å². The number of benzene rings is 1. The number of amides is 1. The van der Waals surface area contributed by atoms with Gasteiger partial charge in [0.15, 0.2) is 8.32 Å². The second kappa shape index (κ2) is 19.3. The van der Waals surface area contributed by atoms with Gasteiger partial charge in [0, 0.05) is 12.5 Å². The third-order valence-electron chi connectivity index (χ3n) is 9.69. The average Bonchev–Trinajstić information content (AvgIpc) is 3.11. The zero-order valence-electron chi connectivity index (χ0n) is 32.1. The van der Waals surface area contributed by atoms with Crippen molar-refractivity contribution >= 4 is 14.2 Å². The molecule has 0 aliphatic carbocycles. The van der Waals surface area contributed by atoms with Crippen LogP contribution >= 0.6 is 0 Å². The monoisotopic (exact) mass is 909 g/mol. The largest absolute Gasteiger partial charge is 0.491 e. The van der Waals surface area contributed by atoms with Crippen molar-refractivity contribution in [2.75, 3.05) is 13.2 Å². The van der Waals surface area contributed by atoms with Crippen LogP contribution in [0.1, 0.15) is 72.5 Å². The Balaban J connectivity index is 3.12. The molecule has 0 spiro atoms. The highest BCUT2D eigenvalue weighted by Crippen LogP contribution is 2.64. The molecule has 0 unspecified atom stereocenters. The Kier molecular flexibility index (Phi) is 17.6. The topological polar surface area (TPSA) is 88.0 Å². The molecule has 2 atom stereocenters. The number of alkyl halides is 17. The van der Waals surface area contributed by atoms with E-state index in [0.29, 0.717) is 24.0 Å². The van der Waals surface area contributed by atoms with Gasteiger partial charge in [0.2, 0.25) is 0 Å². The number of halogens is 17. The summed E-state index contributed by atoms with van der Waals surface area (Å²) in [7, 11) is -3.95. The molecule has 0 fully saturated rings. The first kappa shape index (κ1) is 53.9. The van der Waals surface area contributed by atoms with Crippen LogP contribution in [0.2, 0.25) is 17.1 Å². The lowest BCUT2D eigenvalue weighted by molar-refractivity contribution is -0.461. The van der Waals surface area contributed by atoms with Crippen LogP contribution in [0.3, 0.4) is 0 Å². The Morgan fingerprint density at radius 2 is 1.19 bits per heavy atom. The Morgan fingerprint density at radius 1 is 0.729 bits per heavy atom. The van der Waals surface area contributed by atoms with Gasteiger partial charge in [0.05, 0.1) is 12.7 Å². The van der Waals surface area contributed by atoms with Gasteiger partial charge in [-0.3, -0.25) is 10.0 Å². The zero-order chi connectivity index (χ0) is 46.4. The molecule has 1 aromatic rings. The molecule has 0 saturated heterocycles. The maximum atomic E-state index is 14.9. The first-order valence-corrected chi connectivity index (χ1v) is 19.8. The number of hydroxylamine groups is 1. The van der Waals surface area contributed by atoms with Gasteiger partial charge in [-0.25, -0.2) is 5.48 Å². The minimum absolute atomic E-state index is 0.181. The first-order valence-electron chi connectivity index (χ1n) is 17.5. The number of ether oxygens (including phenoxy) is 1. The number of rotatable bonds is 23. The van der Waals surface area contributed by atoms with Crippen LogP contribution in [-0.4, -0.2) is 85.4 Å². The van der Waals surface area contributed by atoms with Crippen molar-refractivity contribution < 1.29 is 98.9 Å². The van der Waals surface area contributed by atoms with E-state index in [1.807, 2.05) is 0 Å². The van der Waals surface area contributed by atoms with Gasteiger partial charge < -0.3 is 14.3 Å². The van der Waals surface area contributed by atoms with Gasteiger partial charge in [0.25, 0.3) is 5.91 Å². The smallest absolute Gasteiger partial charge is 0.460 e. The highest BCUT2D eigenvalue weighted by Gasteiger charge is 2.95. The Labute approximate surface area is 328 Å². The van der Waals surface area contributed by atoms with Crippen molar-refractivity contribution in [3.8, 4) is 5.75 Å². The highest BCUT2D eigenvalue weighted by atomic mass is 28.4. The van der Waals surface area contributed by atoms with E-state index in [4.69, 9.17) is 14.4 Å². The summed E-state index contributed by atoms with van der Waals surface area (Å²) in [5.41, 5.74) is 0.785. The van der Waals surface area contributed by atoms with E-state index in [2.05, 4.69) is 0 Å². The molecule has 1 aromatic carbocycles. The van der Waals surface area contributed by atoms with Crippen LogP contribution in [0.15, 0.2) is 48.1 Å². The third kappa shape index (κ3) is 11.0. The lowest BCUT2D eigenvalue weighted by atomic mass is 9.88. The number of hydrogen-bond acceptors (Lipinski definition) is 5. The summed E-state index contributed by atoms with van der Waals surface area (Å²) in [6.07, 6.45) is -5.70. The van der Waals surface area contributed by atoms with Crippen molar-refractivity contribution in [3.63, 3.8) is 0 Å². The van der Waals surface area contributed by atoms with E-state index < -0.39 is 98.1 Å². The predicted octanol–water partition coefficient (Wildman–Crippen LogP) is 11.7. The number of aliphatic hydroxyl groups excluding tert-OH is 1. The molecule has 24 heteroatoms. The van der Waals surface area contributed by atoms with Crippen LogP contribution in [0.5, 0.6) is 5.75 Å². The summed E-state index contributed by atoms with van der Waals surface area (Å²) in [6, 6.07) is 4.58. The van der Waals surface area contributed by atoms with Crippen LogP contribution < -0.4 is 10.2 Å². The van der Waals surface area contributed by atoms with E-state index in [0.717, 1.165) is 6.08 Å². The Bertz CT molecular complexity index is 1570. The van der Waals surface area contributed by atoms with Crippen LogP contribution in [0.4, 0.5) is 74.6 Å². The normalized spacial score (nSPS) is 15.9. The Hall–Kier alpha value is -3.12. The van der Waals surface area contributed by atoms with Crippen molar-refractivity contribution in [1.29, 1.82) is 0 Å². The van der Waals surface area contributed by atoms with Crippen LogP contribution in [0.25, 0.3) is 0 Å². The molecule has 1 amide bonds. The fourth-order valence-electron chi connectivity index (χ4n) is 5.91. The summed E-state index contributed by atoms with van der Waals surface area (Å²) in [6.45, 7) is 7.86. The molecule has 0 aliphatic heterocycles. The van der Waals surface area contributed by atoms with Crippen molar-refractivity contribution in [3.05, 3.63) is 53.6 Å². The molecular formula is C35H44F17NO5Si. The fourth-order valence-corrected chi connectivity index (χ4v) is 10.4. The lowest BCUT2D eigenvalue weighted by Gasteiger charge is -2.44. The summed E-state index contributed by atoms with van der Waals surface area (Å²) in [5.74, 6) is -57.5. The van der Waals surface area contributed by atoms with E-state index in [9.17, 15) is 84.5 Å². The summed E-state index contributed by atoms with van der Waals surface area (Å²) >= 11 is 0. The fraction of sp³-hybridized carbons (Fsp3) is 0.686. The summed E-state index contributed by atoms with van der Waals surface area (Å²) in [5, 5.41) is 19.3. The van der Waals surface area contributed by atoms with Crippen molar-refractivity contribution in [1.82, 2.24) is 5.48 Å². The molecule has 0 saturated carbocycles. The van der Waals surface area contributed by atoms with Gasteiger partial charge in [-0.15, -0.1) is 0 Å². The molecule has 342 valence electrons. The summed E-state index contributed by atoms with van der Waals surface area (Å²) in [4.78, 5) is 11.1. The van der Waals surface area contributed by atoms with Crippen LogP contribution in [-0.2, 0) is 9.22 Å². The van der Waals surface area contributed by atoms with Gasteiger partial charge in [-0.05, 0) is 66.1 Å². The number of carbonyl (C=O) groups is 1. The molecule has 0 heterocycles. The minimum Gasteiger partial charge on any atom is -0.491 e. The van der Waals surface area contributed by atoms with Gasteiger partial charge in [-0.2, -0.15) is 74.6 Å². The number of nitrogens with one attached hydrogen (secondary N) is 1. The maximum Gasteiger partial charge on any atom is 0.460 e. The van der Waals surface area contributed by atoms with E-state index in [-0.39, 0.29) is 18.3 Å². The minimum atomic E-state index is -8.68. The summed E-state index contributed by atoms with van der Waals surface area (Å²) < 4.78 is 246. The number of allylic oxidation sites excluding steroid dienone is 3. The van der Waals surface area contributed by atoms with E-state index in [1.165, 1.54) is 57.4 Å². The highest BCUT2D eigenvalue weighted by molar-refractivity contribution is 6.76. The number of aliphatic hydroxyl groups is 1. The zero-order valence-corrected chi connectivity index (χ0v) is 33.1.